The average Bonchev–Trinajstić information content (AvgIpc) is 2.53. The van der Waals surface area contributed by atoms with Crippen LogP contribution in [0.5, 0.6) is 0 Å². The van der Waals surface area contributed by atoms with Crippen LogP contribution in [-0.2, 0) is 0 Å². The van der Waals surface area contributed by atoms with Gasteiger partial charge in [-0.2, -0.15) is 0 Å². The number of nitrogens with two attached hydrogens (primary N) is 1. The van der Waals surface area contributed by atoms with E-state index in [4.69, 9.17) is 10.9 Å². The standard InChI is InChI=1S/C17H27N3O/c1-13-7-5-6-10-15(13)12-19-16(11-17(18)20-21)14-8-3-2-4-9-14/h2-4,8-9,13,15-16,19,21H,5-7,10-12H2,1H3,(H2,18,20). The Hall–Kier alpha value is -1.55. The number of rotatable bonds is 6. The lowest BCUT2D eigenvalue weighted by atomic mass is 9.80. The van der Waals surface area contributed by atoms with Crippen LogP contribution >= 0.6 is 0 Å². The second kappa shape index (κ2) is 8.03. The van der Waals surface area contributed by atoms with Crippen LogP contribution in [0.25, 0.3) is 0 Å². The van der Waals surface area contributed by atoms with Crippen LogP contribution in [0.2, 0.25) is 0 Å². The molecule has 21 heavy (non-hydrogen) atoms. The molecular weight excluding hydrogens is 262 g/mol. The monoisotopic (exact) mass is 289 g/mol. The van der Waals surface area contributed by atoms with Crippen LogP contribution in [0.3, 0.4) is 0 Å². The fourth-order valence-electron chi connectivity index (χ4n) is 3.23. The molecule has 1 fully saturated rings. The van der Waals surface area contributed by atoms with E-state index in [1.165, 1.54) is 31.2 Å². The van der Waals surface area contributed by atoms with Crippen molar-refractivity contribution >= 4 is 5.84 Å². The number of hydrogen-bond acceptors (Lipinski definition) is 3. The number of hydrogen-bond donors (Lipinski definition) is 3. The second-order valence-electron chi connectivity index (χ2n) is 6.19. The van der Waals surface area contributed by atoms with Gasteiger partial charge in [-0.25, -0.2) is 0 Å². The van der Waals surface area contributed by atoms with Crippen LogP contribution in [-0.4, -0.2) is 17.6 Å². The van der Waals surface area contributed by atoms with Gasteiger partial charge < -0.3 is 16.3 Å². The van der Waals surface area contributed by atoms with Crippen molar-refractivity contribution in [1.29, 1.82) is 0 Å². The summed E-state index contributed by atoms with van der Waals surface area (Å²) >= 11 is 0. The van der Waals surface area contributed by atoms with Gasteiger partial charge in [0.1, 0.15) is 5.84 Å². The Bertz CT molecular complexity index is 447. The van der Waals surface area contributed by atoms with E-state index in [0.717, 1.165) is 18.4 Å². The van der Waals surface area contributed by atoms with Gasteiger partial charge in [0.05, 0.1) is 0 Å². The van der Waals surface area contributed by atoms with E-state index in [2.05, 4.69) is 29.5 Å². The summed E-state index contributed by atoms with van der Waals surface area (Å²) in [6.07, 6.45) is 5.88. The molecule has 4 nitrogen and oxygen atoms in total. The van der Waals surface area contributed by atoms with Crippen molar-refractivity contribution in [3.63, 3.8) is 0 Å². The van der Waals surface area contributed by atoms with Crippen molar-refractivity contribution in [2.24, 2.45) is 22.7 Å². The molecule has 1 aromatic carbocycles. The van der Waals surface area contributed by atoms with Crippen molar-refractivity contribution in [2.75, 3.05) is 6.54 Å². The molecule has 2 rings (SSSR count). The van der Waals surface area contributed by atoms with Crippen molar-refractivity contribution in [2.45, 2.75) is 45.1 Å². The zero-order valence-corrected chi connectivity index (χ0v) is 12.8. The minimum Gasteiger partial charge on any atom is -0.409 e. The highest BCUT2D eigenvalue weighted by molar-refractivity contribution is 5.80. The molecule has 1 aromatic rings. The van der Waals surface area contributed by atoms with Gasteiger partial charge in [0, 0.05) is 12.5 Å². The maximum absolute atomic E-state index is 8.82. The minimum atomic E-state index is 0.108. The second-order valence-corrected chi connectivity index (χ2v) is 6.19. The molecular formula is C17H27N3O. The first-order valence-corrected chi connectivity index (χ1v) is 7.95. The SMILES string of the molecule is CC1CCCCC1CNC(CC(N)=NO)c1ccccc1. The number of nitrogens with one attached hydrogen (secondary N) is 1. The smallest absolute Gasteiger partial charge is 0.141 e. The third-order valence-corrected chi connectivity index (χ3v) is 4.66. The molecule has 0 saturated heterocycles. The number of amidine groups is 1. The molecule has 0 aliphatic heterocycles. The summed E-state index contributed by atoms with van der Waals surface area (Å²) in [5.74, 6) is 1.79. The zero-order valence-electron chi connectivity index (χ0n) is 12.8. The van der Waals surface area contributed by atoms with Crippen LogP contribution in [0.15, 0.2) is 35.5 Å². The maximum Gasteiger partial charge on any atom is 0.141 e. The van der Waals surface area contributed by atoms with E-state index in [1.54, 1.807) is 0 Å². The molecule has 116 valence electrons. The van der Waals surface area contributed by atoms with E-state index in [9.17, 15) is 0 Å². The fraction of sp³-hybridized carbons (Fsp3) is 0.588. The largest absolute Gasteiger partial charge is 0.409 e. The lowest BCUT2D eigenvalue weighted by Crippen LogP contribution is -2.34. The van der Waals surface area contributed by atoms with E-state index in [-0.39, 0.29) is 11.9 Å². The summed E-state index contributed by atoms with van der Waals surface area (Å²) in [5, 5.41) is 15.6. The zero-order chi connectivity index (χ0) is 15.1. The summed E-state index contributed by atoms with van der Waals surface area (Å²) in [7, 11) is 0. The third kappa shape index (κ3) is 4.74. The number of oxime groups is 1. The van der Waals surface area contributed by atoms with E-state index >= 15 is 0 Å². The van der Waals surface area contributed by atoms with Crippen LogP contribution < -0.4 is 11.1 Å². The van der Waals surface area contributed by atoms with Gasteiger partial charge >= 0.3 is 0 Å². The van der Waals surface area contributed by atoms with Gasteiger partial charge in [0.15, 0.2) is 0 Å². The maximum atomic E-state index is 8.82. The van der Waals surface area contributed by atoms with E-state index in [1.807, 2.05) is 18.2 Å². The molecule has 0 spiro atoms. The van der Waals surface area contributed by atoms with Gasteiger partial charge in [-0.05, 0) is 30.4 Å². The van der Waals surface area contributed by atoms with Gasteiger partial charge in [-0.3, -0.25) is 0 Å². The highest BCUT2D eigenvalue weighted by Crippen LogP contribution is 2.29. The molecule has 0 amide bonds. The molecule has 1 aliphatic carbocycles. The Morgan fingerprint density at radius 3 is 2.71 bits per heavy atom. The Morgan fingerprint density at radius 2 is 2.05 bits per heavy atom. The lowest BCUT2D eigenvalue weighted by molar-refractivity contribution is 0.241. The molecule has 1 aliphatic rings. The molecule has 3 atom stereocenters. The highest BCUT2D eigenvalue weighted by atomic mass is 16.4. The Kier molecular flexibility index (Phi) is 6.05. The average molecular weight is 289 g/mol. The van der Waals surface area contributed by atoms with Gasteiger partial charge in [-0.15, -0.1) is 0 Å². The van der Waals surface area contributed by atoms with Gasteiger partial charge in [0.25, 0.3) is 0 Å². The first-order chi connectivity index (χ1) is 10.2. The predicted molar refractivity (Wildman–Crippen MR) is 86.3 cm³/mol. The van der Waals surface area contributed by atoms with Gasteiger partial charge in [0.2, 0.25) is 0 Å². The molecule has 4 N–H and O–H groups in total. The van der Waals surface area contributed by atoms with Crippen molar-refractivity contribution in [1.82, 2.24) is 5.32 Å². The van der Waals surface area contributed by atoms with Crippen LogP contribution in [0.4, 0.5) is 0 Å². The Balaban J connectivity index is 1.98. The van der Waals surface area contributed by atoms with E-state index < -0.39 is 0 Å². The summed E-state index contributed by atoms with van der Waals surface area (Å²) in [6.45, 7) is 3.35. The molecule has 3 unspecified atom stereocenters. The summed E-state index contributed by atoms with van der Waals surface area (Å²) in [6, 6.07) is 10.3. The minimum absolute atomic E-state index is 0.108. The summed E-state index contributed by atoms with van der Waals surface area (Å²) < 4.78 is 0. The molecule has 4 heteroatoms. The lowest BCUT2D eigenvalue weighted by Gasteiger charge is -2.30. The fourth-order valence-corrected chi connectivity index (χ4v) is 3.23. The first kappa shape index (κ1) is 15.8. The third-order valence-electron chi connectivity index (χ3n) is 4.66. The van der Waals surface area contributed by atoms with Crippen LogP contribution in [0.1, 0.15) is 50.6 Å². The molecule has 1 saturated carbocycles. The topological polar surface area (TPSA) is 70.6 Å². The Labute approximate surface area is 127 Å². The number of nitrogens with zero attached hydrogens (tertiary/aromatic N) is 1. The molecule has 0 radical (unpaired) electrons. The quantitative estimate of drug-likeness (QED) is 0.326. The summed E-state index contributed by atoms with van der Waals surface area (Å²) in [5.41, 5.74) is 6.89. The first-order valence-electron chi connectivity index (χ1n) is 7.95. The highest BCUT2D eigenvalue weighted by Gasteiger charge is 2.22. The summed E-state index contributed by atoms with van der Waals surface area (Å²) in [4.78, 5) is 0. The van der Waals surface area contributed by atoms with Crippen molar-refractivity contribution in [3.8, 4) is 0 Å². The number of benzene rings is 1. The predicted octanol–water partition coefficient (Wildman–Crippen LogP) is 3.28. The van der Waals surface area contributed by atoms with E-state index in [0.29, 0.717) is 6.42 Å². The normalized spacial score (nSPS) is 24.7. The molecule has 0 aromatic heterocycles. The van der Waals surface area contributed by atoms with Crippen LogP contribution in [0, 0.1) is 11.8 Å². The van der Waals surface area contributed by atoms with Crippen molar-refractivity contribution < 1.29 is 5.21 Å². The van der Waals surface area contributed by atoms with Gasteiger partial charge in [-0.1, -0.05) is 61.7 Å². The Morgan fingerprint density at radius 1 is 1.33 bits per heavy atom. The van der Waals surface area contributed by atoms with Crippen molar-refractivity contribution in [3.05, 3.63) is 35.9 Å². The molecule has 0 bridgehead atoms. The molecule has 0 heterocycles.